The molecule has 0 fully saturated rings. The summed E-state index contributed by atoms with van der Waals surface area (Å²) in [5.41, 5.74) is 7.43. The first-order valence-corrected chi connectivity index (χ1v) is 6.86. The van der Waals surface area contributed by atoms with Crippen LogP contribution in [0.3, 0.4) is 0 Å². The highest BCUT2D eigenvalue weighted by atomic mass is 16.5. The summed E-state index contributed by atoms with van der Waals surface area (Å²) in [5, 5.41) is 4.10. The zero-order chi connectivity index (χ0) is 17.0. The second kappa shape index (κ2) is 6.73. The van der Waals surface area contributed by atoms with Crippen LogP contribution in [0.4, 0.5) is 5.82 Å². The van der Waals surface area contributed by atoms with Crippen molar-refractivity contribution in [1.29, 1.82) is 0 Å². The zero-order valence-electron chi connectivity index (χ0n) is 13.1. The smallest absolute Gasteiger partial charge is 0.356 e. The summed E-state index contributed by atoms with van der Waals surface area (Å²) >= 11 is 0. The van der Waals surface area contributed by atoms with Crippen molar-refractivity contribution in [3.05, 3.63) is 54.7 Å². The molecule has 0 unspecified atom stereocenters. The van der Waals surface area contributed by atoms with Gasteiger partial charge in [-0.2, -0.15) is 5.10 Å². The number of hydrogen-bond donors (Lipinski definition) is 1. The van der Waals surface area contributed by atoms with E-state index in [2.05, 4.69) is 28.2 Å². The van der Waals surface area contributed by atoms with Gasteiger partial charge in [0.2, 0.25) is 0 Å². The number of nitrogens with two attached hydrogens (primary N) is 1. The van der Waals surface area contributed by atoms with E-state index in [1.54, 1.807) is 41.8 Å². The largest absolute Gasteiger partial charge is 0.461 e. The van der Waals surface area contributed by atoms with Crippen LogP contribution in [0.15, 0.2) is 48.6 Å². The summed E-state index contributed by atoms with van der Waals surface area (Å²) in [4.78, 5) is 19.8. The molecular formula is C15H18N6O2. The molecule has 0 aromatic carbocycles. The highest BCUT2D eigenvalue weighted by molar-refractivity contribution is 5.87. The fraction of sp³-hybridized carbons (Fsp3) is 0.200. The third-order valence-corrected chi connectivity index (χ3v) is 2.97. The molecule has 0 saturated heterocycles. The summed E-state index contributed by atoms with van der Waals surface area (Å²) in [6.07, 6.45) is 6.62. The molecule has 0 spiro atoms. The van der Waals surface area contributed by atoms with Gasteiger partial charge in [-0.05, 0) is 6.92 Å². The Morgan fingerprint density at radius 1 is 1.48 bits per heavy atom. The molecule has 0 aliphatic carbocycles. The van der Waals surface area contributed by atoms with Crippen LogP contribution < -0.4 is 11.2 Å². The number of ether oxygens (including phenoxy) is 1. The molecule has 0 atom stereocenters. The molecule has 0 aliphatic rings. The third kappa shape index (κ3) is 3.54. The standard InChI is InChI=1S/C15H18N6O2/c1-5-23-15(22)10(2)19-14-13(16)17-6-7-21(14)11(3)12-8-18-20(4)9-12/h6-9H,2-3,5H2,1,4H3,(H2,16,17). The lowest BCUT2D eigenvalue weighted by atomic mass is 10.3. The Bertz CT molecular complexity index is 830. The molecule has 120 valence electrons. The zero-order valence-corrected chi connectivity index (χ0v) is 13.1. The molecule has 0 saturated carbocycles. The average Bonchev–Trinajstić information content (AvgIpc) is 2.95. The fourth-order valence-electron chi connectivity index (χ4n) is 1.86. The van der Waals surface area contributed by atoms with E-state index in [-0.39, 0.29) is 23.6 Å². The summed E-state index contributed by atoms with van der Waals surface area (Å²) < 4.78 is 8.13. The molecule has 2 heterocycles. The molecule has 23 heavy (non-hydrogen) atoms. The predicted octanol–water partition coefficient (Wildman–Crippen LogP) is 0.695. The lowest BCUT2D eigenvalue weighted by Gasteiger charge is -2.10. The van der Waals surface area contributed by atoms with Crippen molar-refractivity contribution < 1.29 is 9.53 Å². The van der Waals surface area contributed by atoms with Crippen LogP contribution in [0.25, 0.3) is 5.70 Å². The number of esters is 1. The number of rotatable bonds is 5. The number of aryl methyl sites for hydroxylation is 1. The number of carbonyl (C=O) groups excluding carboxylic acids is 1. The van der Waals surface area contributed by atoms with Crippen LogP contribution in [-0.4, -0.2) is 31.9 Å². The SMILES string of the molecule is C=C(N=c1c(N)nccn1C(=C)c1cnn(C)c1)C(=O)OCC. The number of nitrogens with zero attached hydrogens (tertiary/aromatic N) is 5. The molecule has 8 heteroatoms. The van der Waals surface area contributed by atoms with Crippen LogP contribution in [-0.2, 0) is 16.6 Å². The second-order valence-corrected chi connectivity index (χ2v) is 4.63. The van der Waals surface area contributed by atoms with Crippen molar-refractivity contribution >= 4 is 17.5 Å². The minimum absolute atomic E-state index is 0.0701. The summed E-state index contributed by atoms with van der Waals surface area (Å²) in [6, 6.07) is 0. The van der Waals surface area contributed by atoms with E-state index < -0.39 is 5.97 Å². The van der Waals surface area contributed by atoms with E-state index in [0.29, 0.717) is 5.70 Å². The molecule has 0 bridgehead atoms. The molecule has 2 N–H and O–H groups in total. The first-order valence-electron chi connectivity index (χ1n) is 6.86. The van der Waals surface area contributed by atoms with Crippen molar-refractivity contribution in [2.45, 2.75) is 6.92 Å². The number of hydrogen-bond acceptors (Lipinski definition) is 6. The predicted molar refractivity (Wildman–Crippen MR) is 85.6 cm³/mol. The molecule has 8 nitrogen and oxygen atoms in total. The van der Waals surface area contributed by atoms with Gasteiger partial charge in [0.25, 0.3) is 0 Å². The maximum absolute atomic E-state index is 11.7. The normalized spacial score (nSPS) is 11.3. The third-order valence-electron chi connectivity index (χ3n) is 2.97. The van der Waals surface area contributed by atoms with Gasteiger partial charge >= 0.3 is 5.97 Å². The van der Waals surface area contributed by atoms with Gasteiger partial charge in [-0.3, -0.25) is 9.25 Å². The van der Waals surface area contributed by atoms with Crippen molar-refractivity contribution in [3.63, 3.8) is 0 Å². The Morgan fingerprint density at radius 3 is 2.83 bits per heavy atom. The minimum Gasteiger partial charge on any atom is -0.461 e. The Balaban J connectivity index is 2.50. The van der Waals surface area contributed by atoms with Crippen LogP contribution in [0.1, 0.15) is 12.5 Å². The van der Waals surface area contributed by atoms with Gasteiger partial charge in [-0.15, -0.1) is 0 Å². The highest BCUT2D eigenvalue weighted by Crippen LogP contribution is 2.12. The lowest BCUT2D eigenvalue weighted by Crippen LogP contribution is -2.25. The van der Waals surface area contributed by atoms with Crippen molar-refractivity contribution in [2.75, 3.05) is 12.3 Å². The average molecular weight is 314 g/mol. The molecule has 2 rings (SSSR count). The first-order chi connectivity index (χ1) is 10.9. The number of carbonyl (C=O) groups is 1. The van der Waals surface area contributed by atoms with Gasteiger partial charge in [-0.1, -0.05) is 13.2 Å². The van der Waals surface area contributed by atoms with E-state index in [1.807, 2.05) is 0 Å². The van der Waals surface area contributed by atoms with Gasteiger partial charge in [-0.25, -0.2) is 14.8 Å². The highest BCUT2D eigenvalue weighted by Gasteiger charge is 2.11. The molecule has 2 aromatic heterocycles. The first kappa shape index (κ1) is 16.2. The topological polar surface area (TPSA) is 100 Å². The Hall–Kier alpha value is -3.16. The molecule has 2 aromatic rings. The summed E-state index contributed by atoms with van der Waals surface area (Å²) in [5.74, 6) is -0.475. The maximum Gasteiger partial charge on any atom is 0.356 e. The monoisotopic (exact) mass is 314 g/mol. The second-order valence-electron chi connectivity index (χ2n) is 4.63. The molecular weight excluding hydrogens is 296 g/mol. The van der Waals surface area contributed by atoms with E-state index in [9.17, 15) is 4.79 Å². The quantitative estimate of drug-likeness (QED) is 0.646. The molecule has 0 radical (unpaired) electrons. The van der Waals surface area contributed by atoms with Crippen LogP contribution in [0.2, 0.25) is 0 Å². The summed E-state index contributed by atoms with van der Waals surface area (Å²) in [7, 11) is 1.80. The van der Waals surface area contributed by atoms with Crippen LogP contribution in [0.5, 0.6) is 0 Å². The van der Waals surface area contributed by atoms with Gasteiger partial charge < -0.3 is 10.5 Å². The van der Waals surface area contributed by atoms with Gasteiger partial charge in [0, 0.05) is 31.2 Å². The Morgan fingerprint density at radius 2 is 2.22 bits per heavy atom. The van der Waals surface area contributed by atoms with E-state index >= 15 is 0 Å². The Labute approximate surface area is 133 Å². The van der Waals surface area contributed by atoms with E-state index in [4.69, 9.17) is 10.5 Å². The number of aromatic nitrogens is 4. The van der Waals surface area contributed by atoms with Crippen molar-refractivity contribution in [2.24, 2.45) is 12.0 Å². The number of anilines is 1. The number of nitrogen functional groups attached to an aromatic ring is 1. The van der Waals surface area contributed by atoms with E-state index in [0.717, 1.165) is 5.56 Å². The summed E-state index contributed by atoms with van der Waals surface area (Å²) in [6.45, 7) is 9.56. The Kier molecular flexibility index (Phi) is 4.75. The van der Waals surface area contributed by atoms with Gasteiger partial charge in [0.15, 0.2) is 11.3 Å². The fourth-order valence-corrected chi connectivity index (χ4v) is 1.86. The maximum atomic E-state index is 11.7. The van der Waals surface area contributed by atoms with E-state index in [1.165, 1.54) is 6.20 Å². The molecule has 0 aliphatic heterocycles. The van der Waals surface area contributed by atoms with Crippen molar-refractivity contribution in [3.8, 4) is 0 Å². The molecule has 0 amide bonds. The minimum atomic E-state index is -0.616. The van der Waals surface area contributed by atoms with Gasteiger partial charge in [0.1, 0.15) is 5.70 Å². The van der Waals surface area contributed by atoms with Crippen LogP contribution >= 0.6 is 0 Å². The van der Waals surface area contributed by atoms with Crippen molar-refractivity contribution in [1.82, 2.24) is 19.3 Å². The van der Waals surface area contributed by atoms with Gasteiger partial charge in [0.05, 0.1) is 18.5 Å². The lowest BCUT2D eigenvalue weighted by molar-refractivity contribution is -0.138. The van der Waals surface area contributed by atoms with Crippen LogP contribution in [0, 0.1) is 0 Å².